The van der Waals surface area contributed by atoms with Crippen LogP contribution >= 0.6 is 0 Å². The molecule has 0 saturated heterocycles. The van der Waals surface area contributed by atoms with Gasteiger partial charge in [-0.1, -0.05) is 12.1 Å². The number of amides is 2. The van der Waals surface area contributed by atoms with Crippen molar-refractivity contribution in [1.82, 2.24) is 0 Å². The molecule has 0 unspecified atom stereocenters. The van der Waals surface area contributed by atoms with Crippen LogP contribution in [-0.4, -0.2) is 19.1 Å². The number of primary amides is 1. The summed E-state index contributed by atoms with van der Waals surface area (Å²) in [5, 5.41) is 2.54. The fourth-order valence-corrected chi connectivity index (χ4v) is 1.78. The number of carbonyl (C=O) groups excluding carboxylic acids is 2. The number of carbonyl (C=O) groups is 2. The molecule has 6 heteroatoms. The van der Waals surface area contributed by atoms with Crippen molar-refractivity contribution in [3.63, 3.8) is 0 Å². The van der Waals surface area contributed by atoms with Gasteiger partial charge in [0.2, 0.25) is 5.91 Å². The number of hydrogen-bond donors (Lipinski definition) is 2. The fraction of sp³-hybridized carbons (Fsp3) is 0.125. The smallest absolute Gasteiger partial charge is 0.411 e. The Hall–Kier alpha value is -3.02. The predicted molar refractivity (Wildman–Crippen MR) is 81.8 cm³/mol. The van der Waals surface area contributed by atoms with Crippen LogP contribution in [0.3, 0.4) is 0 Å². The van der Waals surface area contributed by atoms with Gasteiger partial charge in [-0.15, -0.1) is 0 Å². The van der Waals surface area contributed by atoms with E-state index < -0.39 is 12.0 Å². The highest BCUT2D eigenvalue weighted by Crippen LogP contribution is 2.17. The van der Waals surface area contributed by atoms with Gasteiger partial charge in [0.1, 0.15) is 12.4 Å². The van der Waals surface area contributed by atoms with Crippen LogP contribution in [0.2, 0.25) is 0 Å². The summed E-state index contributed by atoms with van der Waals surface area (Å²) in [5.41, 5.74) is 7.12. The highest BCUT2D eigenvalue weighted by Gasteiger charge is 2.03. The van der Waals surface area contributed by atoms with Crippen molar-refractivity contribution in [3.8, 4) is 5.75 Å². The Balaban J connectivity index is 1.95. The number of nitrogens with one attached hydrogen (secondary N) is 1. The fourth-order valence-electron chi connectivity index (χ4n) is 1.78. The lowest BCUT2D eigenvalue weighted by atomic mass is 10.1. The molecule has 0 spiro atoms. The van der Waals surface area contributed by atoms with Crippen LogP contribution < -0.4 is 15.8 Å². The third-order valence-electron chi connectivity index (χ3n) is 2.90. The van der Waals surface area contributed by atoms with Crippen molar-refractivity contribution < 1.29 is 19.1 Å². The molecular formula is C16H16N2O4. The van der Waals surface area contributed by atoms with E-state index in [9.17, 15) is 9.59 Å². The van der Waals surface area contributed by atoms with Crippen molar-refractivity contribution in [3.05, 3.63) is 59.7 Å². The number of nitrogens with two attached hydrogens (primary N) is 1. The van der Waals surface area contributed by atoms with E-state index in [1.165, 1.54) is 7.11 Å². The van der Waals surface area contributed by atoms with Gasteiger partial charge >= 0.3 is 6.09 Å². The summed E-state index contributed by atoms with van der Waals surface area (Å²) in [4.78, 5) is 22.2. The summed E-state index contributed by atoms with van der Waals surface area (Å²) >= 11 is 0. The van der Waals surface area contributed by atoms with Gasteiger partial charge in [0.15, 0.2) is 0 Å². The number of rotatable bonds is 5. The number of ether oxygens (including phenoxy) is 2. The number of methoxy groups -OCH3 is 1. The molecule has 0 aliphatic carbocycles. The van der Waals surface area contributed by atoms with Crippen LogP contribution in [0.4, 0.5) is 10.5 Å². The molecule has 0 bridgehead atoms. The molecule has 2 amide bonds. The average molecular weight is 300 g/mol. The summed E-state index contributed by atoms with van der Waals surface area (Å²) in [7, 11) is 1.30. The summed E-state index contributed by atoms with van der Waals surface area (Å²) in [5.74, 6) is 0.167. The molecule has 0 aliphatic heterocycles. The molecular weight excluding hydrogens is 284 g/mol. The Labute approximate surface area is 127 Å². The summed E-state index contributed by atoms with van der Waals surface area (Å²) in [6, 6.07) is 13.8. The molecule has 0 aliphatic rings. The van der Waals surface area contributed by atoms with E-state index in [0.717, 1.165) is 5.56 Å². The first-order valence-electron chi connectivity index (χ1n) is 6.55. The lowest BCUT2D eigenvalue weighted by molar-refractivity contribution is 0.1000. The second kappa shape index (κ2) is 7.12. The topological polar surface area (TPSA) is 90.7 Å². The van der Waals surface area contributed by atoms with Crippen LogP contribution in [0.1, 0.15) is 15.9 Å². The highest BCUT2D eigenvalue weighted by atomic mass is 16.5. The minimum atomic E-state index is -0.531. The minimum Gasteiger partial charge on any atom is -0.489 e. The Kier molecular flexibility index (Phi) is 4.98. The molecule has 2 aromatic carbocycles. The van der Waals surface area contributed by atoms with E-state index in [0.29, 0.717) is 23.6 Å². The molecule has 2 rings (SSSR count). The maximum Gasteiger partial charge on any atom is 0.411 e. The van der Waals surface area contributed by atoms with Crippen molar-refractivity contribution in [2.75, 3.05) is 12.4 Å². The van der Waals surface area contributed by atoms with Gasteiger partial charge in [-0.05, 0) is 42.0 Å². The third-order valence-corrected chi connectivity index (χ3v) is 2.90. The van der Waals surface area contributed by atoms with Crippen molar-refractivity contribution in [2.24, 2.45) is 5.73 Å². The van der Waals surface area contributed by atoms with Crippen LogP contribution in [0.5, 0.6) is 5.75 Å². The normalized spacial score (nSPS) is 9.86. The van der Waals surface area contributed by atoms with E-state index in [4.69, 9.17) is 10.5 Å². The van der Waals surface area contributed by atoms with E-state index in [2.05, 4.69) is 10.1 Å². The third kappa shape index (κ3) is 4.24. The lowest BCUT2D eigenvalue weighted by Crippen LogP contribution is -2.11. The summed E-state index contributed by atoms with van der Waals surface area (Å²) in [6.07, 6.45) is -0.531. The molecule has 2 aromatic rings. The summed E-state index contributed by atoms with van der Waals surface area (Å²) < 4.78 is 10.1. The molecule has 0 heterocycles. The first kappa shape index (κ1) is 15.4. The molecule has 0 fully saturated rings. The average Bonchev–Trinajstić information content (AvgIpc) is 2.54. The molecule has 6 nitrogen and oxygen atoms in total. The Bertz CT molecular complexity index is 668. The Morgan fingerprint density at radius 1 is 1.14 bits per heavy atom. The van der Waals surface area contributed by atoms with Gasteiger partial charge in [0.05, 0.1) is 7.11 Å². The zero-order valence-corrected chi connectivity index (χ0v) is 12.0. The molecule has 22 heavy (non-hydrogen) atoms. The van der Waals surface area contributed by atoms with E-state index in [1.807, 2.05) is 6.07 Å². The van der Waals surface area contributed by atoms with Crippen LogP contribution in [-0.2, 0) is 11.3 Å². The van der Waals surface area contributed by atoms with Crippen molar-refractivity contribution >= 4 is 17.7 Å². The molecule has 0 saturated carbocycles. The van der Waals surface area contributed by atoms with Gasteiger partial charge in [-0.2, -0.15) is 0 Å². The first-order valence-corrected chi connectivity index (χ1v) is 6.55. The maximum absolute atomic E-state index is 11.1. The standard InChI is InChI=1S/C16H16N2O4/c1-21-16(20)18-13-5-7-14(8-6-13)22-10-11-3-2-4-12(9-11)15(17)19/h2-9H,10H2,1H3,(H2,17,19)(H,18,20). The first-order chi connectivity index (χ1) is 10.6. The molecule has 114 valence electrons. The largest absolute Gasteiger partial charge is 0.489 e. The molecule has 3 N–H and O–H groups in total. The SMILES string of the molecule is COC(=O)Nc1ccc(OCc2cccc(C(N)=O)c2)cc1. The second-order valence-corrected chi connectivity index (χ2v) is 4.49. The van der Waals surface area contributed by atoms with E-state index in [1.54, 1.807) is 42.5 Å². The van der Waals surface area contributed by atoms with Crippen LogP contribution in [0.25, 0.3) is 0 Å². The van der Waals surface area contributed by atoms with E-state index >= 15 is 0 Å². The zero-order chi connectivity index (χ0) is 15.9. The Morgan fingerprint density at radius 2 is 1.86 bits per heavy atom. The maximum atomic E-state index is 11.1. The monoisotopic (exact) mass is 300 g/mol. The number of benzene rings is 2. The number of hydrogen-bond acceptors (Lipinski definition) is 4. The van der Waals surface area contributed by atoms with Crippen molar-refractivity contribution in [2.45, 2.75) is 6.61 Å². The van der Waals surface area contributed by atoms with Gasteiger partial charge in [0.25, 0.3) is 0 Å². The van der Waals surface area contributed by atoms with Crippen LogP contribution in [0.15, 0.2) is 48.5 Å². The predicted octanol–water partition coefficient (Wildman–Crippen LogP) is 2.54. The van der Waals surface area contributed by atoms with Gasteiger partial charge in [0, 0.05) is 11.3 Å². The lowest BCUT2D eigenvalue weighted by Gasteiger charge is -2.08. The highest BCUT2D eigenvalue weighted by molar-refractivity contribution is 5.92. The molecule has 0 aromatic heterocycles. The van der Waals surface area contributed by atoms with E-state index in [-0.39, 0.29) is 0 Å². The number of anilines is 1. The van der Waals surface area contributed by atoms with Gasteiger partial charge in [-0.25, -0.2) is 4.79 Å². The summed E-state index contributed by atoms with van der Waals surface area (Å²) in [6.45, 7) is 0.310. The minimum absolute atomic E-state index is 0.310. The van der Waals surface area contributed by atoms with Gasteiger partial charge in [-0.3, -0.25) is 10.1 Å². The quantitative estimate of drug-likeness (QED) is 0.887. The van der Waals surface area contributed by atoms with Crippen LogP contribution in [0, 0.1) is 0 Å². The molecule has 0 radical (unpaired) electrons. The van der Waals surface area contributed by atoms with Crippen molar-refractivity contribution in [1.29, 1.82) is 0 Å². The Morgan fingerprint density at radius 3 is 2.50 bits per heavy atom. The molecule has 0 atom stereocenters. The van der Waals surface area contributed by atoms with Gasteiger partial charge < -0.3 is 15.2 Å². The zero-order valence-electron chi connectivity index (χ0n) is 12.0. The second-order valence-electron chi connectivity index (χ2n) is 4.49.